The van der Waals surface area contributed by atoms with Gasteiger partial charge in [-0.15, -0.1) is 0 Å². The summed E-state index contributed by atoms with van der Waals surface area (Å²) in [6, 6.07) is 13.1. The molecule has 2 aromatic rings. The Hall–Kier alpha value is -1.22. The molecule has 2 rings (SSSR count). The van der Waals surface area contributed by atoms with Crippen LogP contribution in [-0.4, -0.2) is 11.1 Å². The van der Waals surface area contributed by atoms with E-state index in [1.807, 2.05) is 24.3 Å². The molecule has 0 amide bonds. The topological polar surface area (TPSA) is 32.3 Å². The second-order valence-electron chi connectivity index (χ2n) is 4.85. The molecule has 0 aromatic heterocycles. The molecular formula is C16H17Cl2NO. The van der Waals surface area contributed by atoms with Crippen LogP contribution >= 0.6 is 23.2 Å². The lowest BCUT2D eigenvalue weighted by Crippen LogP contribution is -2.27. The average molecular weight is 310 g/mol. The van der Waals surface area contributed by atoms with Crippen molar-refractivity contribution in [3.63, 3.8) is 0 Å². The maximum atomic E-state index is 9.76. The fourth-order valence-electron chi connectivity index (χ4n) is 2.05. The molecule has 0 aliphatic carbocycles. The third kappa shape index (κ3) is 4.14. The molecule has 1 unspecified atom stereocenters. The van der Waals surface area contributed by atoms with Gasteiger partial charge in [0.05, 0.1) is 0 Å². The van der Waals surface area contributed by atoms with E-state index >= 15 is 0 Å². The van der Waals surface area contributed by atoms with E-state index in [2.05, 4.69) is 12.2 Å². The van der Waals surface area contributed by atoms with Gasteiger partial charge in [-0.2, -0.15) is 0 Å². The van der Waals surface area contributed by atoms with Crippen molar-refractivity contribution in [2.75, 3.05) is 0 Å². The number of aromatic hydroxyl groups is 1. The molecule has 20 heavy (non-hydrogen) atoms. The molecule has 0 bridgehead atoms. The number of phenolic OH excluding ortho intramolecular Hbond substituents is 1. The molecule has 0 heterocycles. The van der Waals surface area contributed by atoms with Crippen LogP contribution in [0, 0.1) is 0 Å². The first kappa shape index (κ1) is 15.2. The lowest BCUT2D eigenvalue weighted by atomic mass is 10.1. The van der Waals surface area contributed by atoms with E-state index in [1.54, 1.807) is 18.2 Å². The molecule has 0 fully saturated rings. The van der Waals surface area contributed by atoms with Gasteiger partial charge in [-0.25, -0.2) is 0 Å². The maximum absolute atomic E-state index is 9.76. The Labute approximate surface area is 129 Å². The molecule has 2 N–H and O–H groups in total. The number of hydrogen-bond donors (Lipinski definition) is 2. The Morgan fingerprint density at radius 3 is 2.60 bits per heavy atom. The summed E-state index contributed by atoms with van der Waals surface area (Å²) >= 11 is 12.1. The second kappa shape index (κ2) is 6.98. The molecule has 0 aliphatic heterocycles. The van der Waals surface area contributed by atoms with Crippen LogP contribution in [0.3, 0.4) is 0 Å². The molecule has 0 saturated heterocycles. The van der Waals surface area contributed by atoms with Gasteiger partial charge in [-0.3, -0.25) is 0 Å². The summed E-state index contributed by atoms with van der Waals surface area (Å²) in [7, 11) is 0. The highest BCUT2D eigenvalue weighted by atomic mass is 35.5. The number of phenols is 1. The first-order valence-electron chi connectivity index (χ1n) is 6.50. The summed E-state index contributed by atoms with van der Waals surface area (Å²) in [4.78, 5) is 0. The zero-order valence-corrected chi connectivity index (χ0v) is 12.7. The van der Waals surface area contributed by atoms with Crippen LogP contribution in [0.25, 0.3) is 0 Å². The summed E-state index contributed by atoms with van der Waals surface area (Å²) in [6.45, 7) is 2.66. The minimum absolute atomic E-state index is 0.244. The fourth-order valence-corrected chi connectivity index (χ4v) is 2.45. The van der Waals surface area contributed by atoms with Gasteiger partial charge in [0, 0.05) is 28.2 Å². The molecule has 0 spiro atoms. The fraction of sp³-hybridized carbons (Fsp3) is 0.250. The van der Waals surface area contributed by atoms with Crippen LogP contribution in [0.2, 0.25) is 10.0 Å². The smallest absolute Gasteiger partial charge is 0.120 e. The monoisotopic (exact) mass is 309 g/mol. The van der Waals surface area contributed by atoms with E-state index in [4.69, 9.17) is 23.2 Å². The van der Waals surface area contributed by atoms with Gasteiger partial charge in [-0.1, -0.05) is 41.4 Å². The summed E-state index contributed by atoms with van der Waals surface area (Å²) in [5.74, 6) is 0.256. The van der Waals surface area contributed by atoms with Gasteiger partial charge in [0.25, 0.3) is 0 Å². The van der Waals surface area contributed by atoms with Gasteiger partial charge in [0.2, 0.25) is 0 Å². The van der Waals surface area contributed by atoms with Crippen LogP contribution in [0.4, 0.5) is 0 Å². The van der Waals surface area contributed by atoms with Crippen molar-refractivity contribution in [1.82, 2.24) is 5.32 Å². The minimum atomic E-state index is 0.244. The van der Waals surface area contributed by atoms with Crippen LogP contribution in [0.15, 0.2) is 42.5 Å². The highest BCUT2D eigenvalue weighted by molar-refractivity contribution is 6.31. The SMILES string of the molecule is CC(Cc1ccccc1Cl)NCc1cc(Cl)ccc1O. The highest BCUT2D eigenvalue weighted by Gasteiger charge is 2.08. The number of hydrogen-bond acceptors (Lipinski definition) is 2. The number of nitrogens with one attached hydrogen (secondary N) is 1. The molecule has 1 atom stereocenters. The van der Waals surface area contributed by atoms with Crippen LogP contribution in [0.5, 0.6) is 5.75 Å². The Morgan fingerprint density at radius 1 is 1.10 bits per heavy atom. The van der Waals surface area contributed by atoms with Crippen LogP contribution in [-0.2, 0) is 13.0 Å². The zero-order chi connectivity index (χ0) is 14.5. The minimum Gasteiger partial charge on any atom is -0.508 e. The van der Waals surface area contributed by atoms with E-state index in [-0.39, 0.29) is 11.8 Å². The Kier molecular flexibility index (Phi) is 5.30. The quantitative estimate of drug-likeness (QED) is 0.857. The molecule has 2 aromatic carbocycles. The van der Waals surface area contributed by atoms with Crippen molar-refractivity contribution in [2.45, 2.75) is 25.9 Å². The standard InChI is InChI=1S/C16H17Cl2NO/c1-11(8-12-4-2-3-5-15(12)18)19-10-13-9-14(17)6-7-16(13)20/h2-7,9,11,19-20H,8,10H2,1H3. The van der Waals surface area contributed by atoms with Crippen molar-refractivity contribution in [3.05, 3.63) is 63.6 Å². The van der Waals surface area contributed by atoms with E-state index in [0.717, 1.165) is 22.6 Å². The summed E-state index contributed by atoms with van der Waals surface area (Å²) in [5, 5.41) is 14.5. The van der Waals surface area contributed by atoms with Gasteiger partial charge >= 0.3 is 0 Å². The van der Waals surface area contributed by atoms with Gasteiger partial charge < -0.3 is 10.4 Å². The van der Waals surface area contributed by atoms with E-state index in [9.17, 15) is 5.11 Å². The van der Waals surface area contributed by atoms with Crippen LogP contribution in [0.1, 0.15) is 18.1 Å². The third-order valence-corrected chi connectivity index (χ3v) is 3.77. The van der Waals surface area contributed by atoms with Gasteiger partial charge in [0.1, 0.15) is 5.75 Å². The number of rotatable bonds is 5. The Morgan fingerprint density at radius 2 is 1.85 bits per heavy atom. The lowest BCUT2D eigenvalue weighted by molar-refractivity contribution is 0.458. The van der Waals surface area contributed by atoms with Crippen molar-refractivity contribution in [1.29, 1.82) is 0 Å². The van der Waals surface area contributed by atoms with E-state index in [0.29, 0.717) is 11.6 Å². The van der Waals surface area contributed by atoms with Crippen LogP contribution < -0.4 is 5.32 Å². The van der Waals surface area contributed by atoms with E-state index in [1.165, 1.54) is 0 Å². The molecule has 0 aliphatic rings. The van der Waals surface area contributed by atoms with Gasteiger partial charge in [0.15, 0.2) is 0 Å². The first-order valence-corrected chi connectivity index (χ1v) is 7.26. The lowest BCUT2D eigenvalue weighted by Gasteiger charge is -2.15. The number of benzene rings is 2. The summed E-state index contributed by atoms with van der Waals surface area (Å²) in [6.07, 6.45) is 0.834. The predicted octanol–water partition coefficient (Wildman–Crippen LogP) is 4.42. The maximum Gasteiger partial charge on any atom is 0.120 e. The molecule has 0 saturated carbocycles. The third-order valence-electron chi connectivity index (χ3n) is 3.17. The molecule has 106 valence electrons. The molecule has 2 nitrogen and oxygen atoms in total. The van der Waals surface area contributed by atoms with Crippen molar-refractivity contribution in [3.8, 4) is 5.75 Å². The van der Waals surface area contributed by atoms with Crippen molar-refractivity contribution < 1.29 is 5.11 Å². The molecule has 0 radical (unpaired) electrons. The zero-order valence-electron chi connectivity index (χ0n) is 11.2. The number of halogens is 2. The van der Waals surface area contributed by atoms with Crippen molar-refractivity contribution in [2.24, 2.45) is 0 Å². The highest BCUT2D eigenvalue weighted by Crippen LogP contribution is 2.22. The Bertz CT molecular complexity index is 586. The predicted molar refractivity (Wildman–Crippen MR) is 84.6 cm³/mol. The molecular weight excluding hydrogens is 293 g/mol. The molecule has 4 heteroatoms. The van der Waals surface area contributed by atoms with Crippen molar-refractivity contribution >= 4 is 23.2 Å². The van der Waals surface area contributed by atoms with E-state index < -0.39 is 0 Å². The largest absolute Gasteiger partial charge is 0.508 e. The van der Waals surface area contributed by atoms with Gasteiger partial charge in [-0.05, 0) is 43.2 Å². The Balaban J connectivity index is 1.94. The first-order chi connectivity index (χ1) is 9.56. The summed E-state index contributed by atoms with van der Waals surface area (Å²) in [5.41, 5.74) is 1.91. The average Bonchev–Trinajstić information content (AvgIpc) is 2.42. The second-order valence-corrected chi connectivity index (χ2v) is 5.69. The summed E-state index contributed by atoms with van der Waals surface area (Å²) < 4.78 is 0. The normalized spacial score (nSPS) is 12.3.